The van der Waals surface area contributed by atoms with Gasteiger partial charge in [0, 0.05) is 12.4 Å². The molecule has 0 atom stereocenters. The van der Waals surface area contributed by atoms with E-state index in [9.17, 15) is 9.59 Å². The second kappa shape index (κ2) is 9.98. The quantitative estimate of drug-likeness (QED) is 0.542. The maximum absolute atomic E-state index is 12.2. The molecule has 0 saturated heterocycles. The highest BCUT2D eigenvalue weighted by Crippen LogP contribution is 2.25. The van der Waals surface area contributed by atoms with E-state index in [1.54, 1.807) is 19.4 Å². The Morgan fingerprint density at radius 3 is 2.70 bits per heavy atom. The van der Waals surface area contributed by atoms with Crippen molar-refractivity contribution < 1.29 is 14.3 Å². The van der Waals surface area contributed by atoms with Crippen molar-refractivity contribution in [2.24, 2.45) is 0 Å². The van der Waals surface area contributed by atoms with Gasteiger partial charge in [-0.2, -0.15) is 0 Å². The minimum Gasteiger partial charge on any atom is -0.495 e. The molecule has 0 aliphatic heterocycles. The van der Waals surface area contributed by atoms with E-state index >= 15 is 0 Å². The largest absolute Gasteiger partial charge is 0.495 e. The third kappa shape index (κ3) is 5.42. The molecule has 0 unspecified atom stereocenters. The van der Waals surface area contributed by atoms with Gasteiger partial charge in [0.25, 0.3) is 0 Å². The Morgan fingerprint density at radius 2 is 1.93 bits per heavy atom. The first-order valence-electron chi connectivity index (χ1n) is 9.41. The van der Waals surface area contributed by atoms with E-state index in [0.29, 0.717) is 16.6 Å². The van der Waals surface area contributed by atoms with Crippen molar-refractivity contribution in [3.05, 3.63) is 66.0 Å². The molecule has 7 nitrogen and oxygen atoms in total. The number of carbonyl (C=O) groups is 2. The highest BCUT2D eigenvalue weighted by Gasteiger charge is 2.12. The van der Waals surface area contributed by atoms with Gasteiger partial charge >= 0.3 is 0 Å². The summed E-state index contributed by atoms with van der Waals surface area (Å²) >= 11 is 1.32. The SMILES string of the molecule is COc1ccc(C)cc1NC(=O)CNC(=O)CSc1nccn1-c1ccccc1C. The van der Waals surface area contributed by atoms with Crippen molar-refractivity contribution >= 4 is 29.3 Å². The van der Waals surface area contributed by atoms with Gasteiger partial charge in [-0.05, 0) is 43.2 Å². The van der Waals surface area contributed by atoms with E-state index in [-0.39, 0.29) is 24.1 Å². The number of anilines is 1. The van der Waals surface area contributed by atoms with Crippen molar-refractivity contribution in [2.75, 3.05) is 24.7 Å². The van der Waals surface area contributed by atoms with E-state index < -0.39 is 0 Å². The van der Waals surface area contributed by atoms with Gasteiger partial charge < -0.3 is 15.4 Å². The van der Waals surface area contributed by atoms with Gasteiger partial charge in [-0.25, -0.2) is 4.98 Å². The predicted octanol–water partition coefficient (Wildman–Crippen LogP) is 3.34. The van der Waals surface area contributed by atoms with Crippen LogP contribution in [0.25, 0.3) is 5.69 Å². The van der Waals surface area contributed by atoms with Gasteiger partial charge in [0.15, 0.2) is 5.16 Å². The Bertz CT molecular complexity index is 1050. The average molecular weight is 425 g/mol. The lowest BCUT2D eigenvalue weighted by Crippen LogP contribution is -2.34. The van der Waals surface area contributed by atoms with Gasteiger partial charge in [0.1, 0.15) is 5.75 Å². The fraction of sp³-hybridized carbons (Fsp3) is 0.227. The second-order valence-electron chi connectivity index (χ2n) is 6.68. The molecule has 2 N–H and O–H groups in total. The van der Waals surface area contributed by atoms with Gasteiger partial charge in [-0.3, -0.25) is 14.2 Å². The number of nitrogens with one attached hydrogen (secondary N) is 2. The monoisotopic (exact) mass is 424 g/mol. The first kappa shape index (κ1) is 21.4. The van der Waals surface area contributed by atoms with Crippen molar-refractivity contribution in [3.63, 3.8) is 0 Å². The van der Waals surface area contributed by atoms with Crippen LogP contribution in [0.15, 0.2) is 60.0 Å². The Kier molecular flexibility index (Phi) is 7.13. The van der Waals surface area contributed by atoms with Crippen molar-refractivity contribution in [2.45, 2.75) is 19.0 Å². The van der Waals surface area contributed by atoms with Crippen LogP contribution in [-0.4, -0.2) is 40.8 Å². The first-order chi connectivity index (χ1) is 14.5. The summed E-state index contributed by atoms with van der Waals surface area (Å²) in [6.07, 6.45) is 3.57. The number of rotatable bonds is 8. The number of ether oxygens (including phenoxy) is 1. The number of para-hydroxylation sites is 1. The number of benzene rings is 2. The van der Waals surface area contributed by atoms with Crippen LogP contribution >= 0.6 is 11.8 Å². The van der Waals surface area contributed by atoms with Gasteiger partial charge in [-0.1, -0.05) is 36.0 Å². The zero-order valence-corrected chi connectivity index (χ0v) is 18.0. The van der Waals surface area contributed by atoms with Gasteiger partial charge in [0.2, 0.25) is 11.8 Å². The summed E-state index contributed by atoms with van der Waals surface area (Å²) < 4.78 is 7.20. The molecule has 3 rings (SSSR count). The number of thioether (sulfide) groups is 1. The lowest BCUT2D eigenvalue weighted by molar-refractivity contribution is -0.122. The zero-order valence-electron chi connectivity index (χ0n) is 17.1. The average Bonchev–Trinajstić information content (AvgIpc) is 3.19. The minimum absolute atomic E-state index is 0.122. The molecule has 0 spiro atoms. The maximum atomic E-state index is 12.2. The predicted molar refractivity (Wildman–Crippen MR) is 118 cm³/mol. The summed E-state index contributed by atoms with van der Waals surface area (Å²) in [7, 11) is 1.54. The fourth-order valence-electron chi connectivity index (χ4n) is 2.89. The van der Waals surface area contributed by atoms with Gasteiger partial charge in [0.05, 0.1) is 30.8 Å². The minimum atomic E-state index is -0.321. The second-order valence-corrected chi connectivity index (χ2v) is 7.63. The maximum Gasteiger partial charge on any atom is 0.243 e. The number of methoxy groups -OCH3 is 1. The van der Waals surface area contributed by atoms with E-state index in [0.717, 1.165) is 16.8 Å². The van der Waals surface area contributed by atoms with Crippen molar-refractivity contribution in [1.29, 1.82) is 0 Å². The van der Waals surface area contributed by atoms with E-state index in [1.165, 1.54) is 11.8 Å². The Balaban J connectivity index is 1.52. The standard InChI is InChI=1S/C22H24N4O3S/c1-15-8-9-19(29-3)17(12-15)25-20(27)13-24-21(28)14-30-22-23-10-11-26(22)18-7-5-4-6-16(18)2/h4-12H,13-14H2,1-3H3,(H,24,28)(H,25,27). The van der Waals surface area contributed by atoms with E-state index in [4.69, 9.17) is 4.74 Å². The number of carbonyl (C=O) groups excluding carboxylic acids is 2. The number of amides is 2. The molecule has 0 aliphatic rings. The fourth-order valence-corrected chi connectivity index (χ4v) is 3.68. The first-order valence-corrected chi connectivity index (χ1v) is 10.4. The van der Waals surface area contributed by atoms with Gasteiger partial charge in [-0.15, -0.1) is 0 Å². The molecular formula is C22H24N4O3S. The normalized spacial score (nSPS) is 10.5. The van der Waals surface area contributed by atoms with Crippen LogP contribution in [0, 0.1) is 13.8 Å². The van der Waals surface area contributed by atoms with Crippen LogP contribution in [0.1, 0.15) is 11.1 Å². The topological polar surface area (TPSA) is 85.2 Å². The molecule has 30 heavy (non-hydrogen) atoms. The third-order valence-electron chi connectivity index (χ3n) is 4.39. The highest BCUT2D eigenvalue weighted by atomic mass is 32.2. The lowest BCUT2D eigenvalue weighted by Gasteiger charge is -2.12. The Morgan fingerprint density at radius 1 is 1.13 bits per heavy atom. The van der Waals surface area contributed by atoms with Crippen LogP contribution in [0.4, 0.5) is 5.69 Å². The Hall–Kier alpha value is -3.26. The molecule has 8 heteroatoms. The van der Waals surface area contributed by atoms with Crippen LogP contribution in [0.5, 0.6) is 5.75 Å². The molecule has 0 fully saturated rings. The van der Waals surface area contributed by atoms with Crippen LogP contribution in [0.2, 0.25) is 0 Å². The molecule has 156 valence electrons. The van der Waals surface area contributed by atoms with Crippen molar-refractivity contribution in [1.82, 2.24) is 14.9 Å². The molecule has 2 amide bonds. The van der Waals surface area contributed by atoms with Crippen molar-refractivity contribution in [3.8, 4) is 11.4 Å². The molecule has 1 heterocycles. The molecular weight excluding hydrogens is 400 g/mol. The number of hydrogen-bond acceptors (Lipinski definition) is 5. The molecule has 0 saturated carbocycles. The zero-order chi connectivity index (χ0) is 21.5. The molecule has 2 aromatic carbocycles. The Labute approximate surface area is 179 Å². The lowest BCUT2D eigenvalue weighted by atomic mass is 10.2. The number of aromatic nitrogens is 2. The molecule has 0 bridgehead atoms. The smallest absolute Gasteiger partial charge is 0.243 e. The summed E-state index contributed by atoms with van der Waals surface area (Å²) in [5, 5.41) is 6.12. The number of aryl methyl sites for hydroxylation is 2. The summed E-state index contributed by atoms with van der Waals surface area (Å²) in [4.78, 5) is 28.8. The number of imidazole rings is 1. The van der Waals surface area contributed by atoms with Crippen LogP contribution < -0.4 is 15.4 Å². The molecule has 3 aromatic rings. The molecule has 0 aliphatic carbocycles. The third-order valence-corrected chi connectivity index (χ3v) is 5.36. The number of hydrogen-bond donors (Lipinski definition) is 2. The number of nitrogens with zero attached hydrogens (tertiary/aromatic N) is 2. The molecule has 1 aromatic heterocycles. The summed E-state index contributed by atoms with van der Waals surface area (Å²) in [5.41, 5.74) is 3.71. The highest BCUT2D eigenvalue weighted by molar-refractivity contribution is 7.99. The van der Waals surface area contributed by atoms with E-state index in [2.05, 4.69) is 15.6 Å². The summed E-state index contributed by atoms with van der Waals surface area (Å²) in [6, 6.07) is 13.5. The van der Waals surface area contributed by atoms with E-state index in [1.807, 2.05) is 61.0 Å². The summed E-state index contributed by atoms with van der Waals surface area (Å²) in [5.74, 6) is 0.160. The molecule has 0 radical (unpaired) electrons. The van der Waals surface area contributed by atoms with Crippen LogP contribution in [-0.2, 0) is 9.59 Å². The summed E-state index contributed by atoms with van der Waals surface area (Å²) in [6.45, 7) is 3.83. The van der Waals surface area contributed by atoms with Crippen LogP contribution in [0.3, 0.4) is 0 Å².